The molecule has 0 aliphatic rings. The zero-order valence-corrected chi connectivity index (χ0v) is 11.3. The molecule has 4 nitrogen and oxygen atoms in total. The van der Waals surface area contributed by atoms with Gasteiger partial charge in [-0.05, 0) is 32.8 Å². The molecule has 102 valence electrons. The van der Waals surface area contributed by atoms with Crippen LogP contribution in [0.3, 0.4) is 0 Å². The lowest BCUT2D eigenvalue weighted by Gasteiger charge is -2.12. The van der Waals surface area contributed by atoms with E-state index >= 15 is 0 Å². The molecule has 1 unspecified atom stereocenters. The Morgan fingerprint density at radius 3 is 2.84 bits per heavy atom. The van der Waals surface area contributed by atoms with Gasteiger partial charge in [-0.15, -0.1) is 0 Å². The first kappa shape index (κ1) is 13.6. The number of carbonyl (C=O) groups excluding carboxylic acids is 1. The summed E-state index contributed by atoms with van der Waals surface area (Å²) in [6.45, 7) is 3.95. The summed E-state index contributed by atoms with van der Waals surface area (Å²) in [6.07, 6.45) is 1.43. The summed E-state index contributed by atoms with van der Waals surface area (Å²) in [5.41, 5.74) is 1.59. The number of hydrogen-bond acceptors (Lipinski definition) is 3. The van der Waals surface area contributed by atoms with Crippen LogP contribution in [-0.2, 0) is 0 Å². The van der Waals surface area contributed by atoms with Crippen molar-refractivity contribution in [1.29, 1.82) is 0 Å². The van der Waals surface area contributed by atoms with Crippen molar-refractivity contribution >= 4 is 16.9 Å². The second-order valence-electron chi connectivity index (χ2n) is 4.79. The lowest BCUT2D eigenvalue weighted by molar-refractivity contribution is 0.0909. The second-order valence-corrected chi connectivity index (χ2v) is 4.79. The molecule has 19 heavy (non-hydrogen) atoms. The molecule has 0 aliphatic carbocycles. The highest BCUT2D eigenvalue weighted by atomic mass is 16.3. The largest absolute Gasteiger partial charge is 0.451 e. The van der Waals surface area contributed by atoms with E-state index in [0.29, 0.717) is 12.2 Å². The number of aliphatic hydroxyl groups is 1. The maximum Gasteiger partial charge on any atom is 0.287 e. The quantitative estimate of drug-likeness (QED) is 0.869. The van der Waals surface area contributed by atoms with Crippen molar-refractivity contribution in [2.75, 3.05) is 6.61 Å². The van der Waals surface area contributed by atoms with Gasteiger partial charge in [0.15, 0.2) is 5.76 Å². The van der Waals surface area contributed by atoms with E-state index in [0.717, 1.165) is 23.0 Å². The highest BCUT2D eigenvalue weighted by molar-refractivity contribution is 5.98. The van der Waals surface area contributed by atoms with Crippen molar-refractivity contribution in [2.24, 2.45) is 0 Å². The third-order valence-corrected chi connectivity index (χ3v) is 3.22. The van der Waals surface area contributed by atoms with Crippen LogP contribution in [0, 0.1) is 6.92 Å². The van der Waals surface area contributed by atoms with Gasteiger partial charge >= 0.3 is 0 Å². The van der Waals surface area contributed by atoms with E-state index in [1.54, 1.807) is 0 Å². The van der Waals surface area contributed by atoms with Crippen LogP contribution >= 0.6 is 0 Å². The van der Waals surface area contributed by atoms with E-state index < -0.39 is 0 Å². The molecule has 2 N–H and O–H groups in total. The van der Waals surface area contributed by atoms with Crippen molar-refractivity contribution in [3.8, 4) is 0 Å². The maximum atomic E-state index is 12.1. The topological polar surface area (TPSA) is 62.5 Å². The van der Waals surface area contributed by atoms with Gasteiger partial charge in [-0.25, -0.2) is 0 Å². The normalized spacial score (nSPS) is 12.6. The number of aryl methyl sites for hydroxylation is 1. The molecule has 1 heterocycles. The molecular weight excluding hydrogens is 242 g/mol. The van der Waals surface area contributed by atoms with E-state index in [2.05, 4.69) is 5.32 Å². The molecule has 1 amide bonds. The molecular formula is C15H19NO3. The molecule has 2 rings (SSSR count). The van der Waals surface area contributed by atoms with Crippen molar-refractivity contribution in [1.82, 2.24) is 5.32 Å². The van der Waals surface area contributed by atoms with Crippen LogP contribution in [0.1, 0.15) is 35.9 Å². The number of benzene rings is 1. The number of para-hydroxylation sites is 1. The predicted octanol–water partition coefficient (Wildman–Crippen LogP) is 2.63. The van der Waals surface area contributed by atoms with Gasteiger partial charge in [-0.2, -0.15) is 0 Å². The first-order valence-corrected chi connectivity index (χ1v) is 6.53. The number of aliphatic hydroxyl groups excluding tert-OH is 1. The van der Waals surface area contributed by atoms with Gasteiger partial charge < -0.3 is 14.8 Å². The number of fused-ring (bicyclic) bond motifs is 1. The van der Waals surface area contributed by atoms with Crippen LogP contribution in [0.25, 0.3) is 11.0 Å². The summed E-state index contributed by atoms with van der Waals surface area (Å²) in [6, 6.07) is 7.63. The molecule has 1 aromatic heterocycles. The summed E-state index contributed by atoms with van der Waals surface area (Å²) in [5, 5.41) is 12.6. The number of hydrogen-bond donors (Lipinski definition) is 2. The average Bonchev–Trinajstić information content (AvgIpc) is 2.74. The molecule has 0 radical (unpaired) electrons. The van der Waals surface area contributed by atoms with Gasteiger partial charge in [-0.1, -0.05) is 18.2 Å². The minimum Gasteiger partial charge on any atom is -0.451 e. The molecule has 0 saturated heterocycles. The third-order valence-electron chi connectivity index (χ3n) is 3.22. The Morgan fingerprint density at radius 2 is 2.16 bits per heavy atom. The molecule has 0 aliphatic heterocycles. The summed E-state index contributed by atoms with van der Waals surface area (Å²) < 4.78 is 5.60. The van der Waals surface area contributed by atoms with E-state index in [9.17, 15) is 4.79 Å². The first-order valence-electron chi connectivity index (χ1n) is 6.53. The minimum atomic E-state index is -0.195. The van der Waals surface area contributed by atoms with Crippen molar-refractivity contribution in [3.63, 3.8) is 0 Å². The van der Waals surface area contributed by atoms with Crippen LogP contribution in [0.2, 0.25) is 0 Å². The highest BCUT2D eigenvalue weighted by Crippen LogP contribution is 2.24. The Morgan fingerprint density at radius 1 is 1.42 bits per heavy atom. The minimum absolute atomic E-state index is 0.0206. The highest BCUT2D eigenvalue weighted by Gasteiger charge is 2.18. The smallest absolute Gasteiger partial charge is 0.287 e. The van der Waals surface area contributed by atoms with Crippen LogP contribution < -0.4 is 5.32 Å². The fourth-order valence-corrected chi connectivity index (χ4v) is 2.15. The van der Waals surface area contributed by atoms with Gasteiger partial charge in [0.1, 0.15) is 5.58 Å². The molecule has 1 atom stereocenters. The number of furan rings is 1. The van der Waals surface area contributed by atoms with Crippen LogP contribution in [-0.4, -0.2) is 23.7 Å². The van der Waals surface area contributed by atoms with Crippen LogP contribution in [0.5, 0.6) is 0 Å². The first-order chi connectivity index (χ1) is 9.13. The number of nitrogens with one attached hydrogen (secondary N) is 1. The van der Waals surface area contributed by atoms with Gasteiger partial charge in [-0.3, -0.25) is 4.79 Å². The van der Waals surface area contributed by atoms with Gasteiger partial charge in [0.25, 0.3) is 5.91 Å². The Bertz CT molecular complexity index is 574. The molecule has 1 aromatic carbocycles. The maximum absolute atomic E-state index is 12.1. The second kappa shape index (κ2) is 5.89. The third kappa shape index (κ3) is 2.96. The van der Waals surface area contributed by atoms with E-state index in [4.69, 9.17) is 9.52 Å². The Balaban J connectivity index is 2.15. The lowest BCUT2D eigenvalue weighted by Crippen LogP contribution is -2.32. The Labute approximate surface area is 112 Å². The molecule has 0 saturated carbocycles. The molecule has 0 fully saturated rings. The lowest BCUT2D eigenvalue weighted by atomic mass is 10.1. The van der Waals surface area contributed by atoms with Gasteiger partial charge in [0.2, 0.25) is 0 Å². The molecule has 2 aromatic rings. The Hall–Kier alpha value is -1.81. The SMILES string of the molecule is Cc1c(C(=O)NC(C)CCCO)oc2ccccc12. The fourth-order valence-electron chi connectivity index (χ4n) is 2.15. The predicted molar refractivity (Wildman–Crippen MR) is 74.2 cm³/mol. The summed E-state index contributed by atoms with van der Waals surface area (Å²) in [4.78, 5) is 12.1. The average molecular weight is 261 g/mol. The number of rotatable bonds is 5. The van der Waals surface area contributed by atoms with Crippen molar-refractivity contribution < 1.29 is 14.3 Å². The molecule has 0 bridgehead atoms. The summed E-state index contributed by atoms with van der Waals surface area (Å²) in [7, 11) is 0. The number of amides is 1. The zero-order valence-electron chi connectivity index (χ0n) is 11.3. The summed E-state index contributed by atoms with van der Waals surface area (Å²) >= 11 is 0. The van der Waals surface area contributed by atoms with Crippen molar-refractivity contribution in [3.05, 3.63) is 35.6 Å². The standard InChI is InChI=1S/C15H19NO3/c1-10(6-5-9-17)16-15(18)14-11(2)12-7-3-4-8-13(12)19-14/h3-4,7-8,10,17H,5-6,9H2,1-2H3,(H,16,18). The van der Waals surface area contributed by atoms with Crippen LogP contribution in [0.15, 0.2) is 28.7 Å². The van der Waals surface area contributed by atoms with E-state index in [-0.39, 0.29) is 18.6 Å². The number of carbonyl (C=O) groups is 1. The van der Waals surface area contributed by atoms with E-state index in [1.165, 1.54) is 0 Å². The molecule has 4 heteroatoms. The monoisotopic (exact) mass is 261 g/mol. The Kier molecular flexibility index (Phi) is 4.22. The van der Waals surface area contributed by atoms with Gasteiger partial charge in [0, 0.05) is 23.6 Å². The summed E-state index contributed by atoms with van der Waals surface area (Å²) in [5.74, 6) is 0.177. The van der Waals surface area contributed by atoms with Crippen molar-refractivity contribution in [2.45, 2.75) is 32.7 Å². The molecule has 0 spiro atoms. The van der Waals surface area contributed by atoms with Crippen LogP contribution in [0.4, 0.5) is 0 Å². The zero-order chi connectivity index (χ0) is 13.8. The fraction of sp³-hybridized carbons (Fsp3) is 0.400. The van der Waals surface area contributed by atoms with Gasteiger partial charge in [0.05, 0.1) is 0 Å². The van der Waals surface area contributed by atoms with E-state index in [1.807, 2.05) is 38.1 Å².